The van der Waals surface area contributed by atoms with E-state index in [1.54, 1.807) is 63.0 Å². The molecule has 0 saturated carbocycles. The maximum atomic E-state index is 4.98. The highest BCUT2D eigenvalue weighted by Gasteiger charge is 2.21. The molecule has 0 N–H and O–H groups in total. The van der Waals surface area contributed by atoms with E-state index in [2.05, 4.69) is 307 Å². The largest absolute Gasteiger partial charge is 0.255 e. The van der Waals surface area contributed by atoms with E-state index in [9.17, 15) is 0 Å². The molecule has 0 aliphatic carbocycles. The lowest BCUT2D eigenvalue weighted by Gasteiger charge is -2.07. The minimum Gasteiger partial charge on any atom is -0.255 e. The van der Waals surface area contributed by atoms with Crippen LogP contribution >= 0.6 is 56.7 Å². The van der Waals surface area contributed by atoms with E-state index in [-0.39, 0.29) is 0 Å². The van der Waals surface area contributed by atoms with Gasteiger partial charge in [-0.25, -0.2) is 39.9 Å². The van der Waals surface area contributed by atoms with Crippen LogP contribution in [-0.4, -0.2) is 49.8 Å². The minimum atomic E-state index is 0.775. The number of hydrogen-bond donors (Lipinski definition) is 0. The fourth-order valence-corrected chi connectivity index (χ4v) is 19.7. The zero-order valence-corrected chi connectivity index (χ0v) is 65.7. The maximum Gasteiger partial charge on any atom is 0.160 e. The predicted octanol–water partition coefficient (Wildman–Crippen LogP) is 27.4. The third-order valence-corrected chi connectivity index (χ3v) is 25.3. The minimum absolute atomic E-state index is 0.775. The van der Waals surface area contributed by atoms with Gasteiger partial charge >= 0.3 is 0 Å². The van der Waals surface area contributed by atoms with Crippen LogP contribution in [0.5, 0.6) is 0 Å². The lowest BCUT2D eigenvalue weighted by atomic mass is 10.1. The molecule has 15 heteroatoms. The number of nitrogens with zero attached hydrogens (tertiary/aromatic N) is 10. The van der Waals surface area contributed by atoms with Gasteiger partial charge in [-0.15, -0.1) is 56.7 Å². The standard InChI is InChI=1S/2C23H16N2S.3C17H12N2S/c1-15-8-7-11-17(14-15)20-22-21(18-12-5-6-13-19(18)26-22)25-23(24-20)16-9-3-2-4-10-16;1-15-11-13-16(14-12-15)20-22-21(18-9-5-6-10-19(18)26-22)25-23(24-20)17-7-3-2-4-8-17;1-11-4-2-5-12(10-11)15-16-13(7-9-18-15)14-6-3-8-19-17(14)20-16;1-11-4-6-12(7-5-11)15-16-13(8-10-18-15)14-3-2-9-19-17(14)20-16;1-11-6-8-12(9-7-11)15-17-16(19-10-18-15)13-4-2-3-5-14(13)20-17/h2*2-14H,1H3;3*2-10H,1H3. The average molecular weight is 1530 g/mol. The molecule has 0 aliphatic heterocycles. The van der Waals surface area contributed by atoms with Crippen LogP contribution in [0, 0.1) is 34.6 Å². The molecule has 0 saturated heterocycles. The topological polar surface area (TPSA) is 129 Å². The number of pyridine rings is 4. The van der Waals surface area contributed by atoms with E-state index in [1.165, 1.54) is 94.6 Å². The van der Waals surface area contributed by atoms with Crippen LogP contribution in [0.1, 0.15) is 27.8 Å². The van der Waals surface area contributed by atoms with Crippen LogP contribution in [-0.2, 0) is 0 Å². The monoisotopic (exact) mass is 1530 g/mol. The number of thiophene rings is 5. The Labute approximate surface area is 666 Å². The zero-order chi connectivity index (χ0) is 75.6. The first-order chi connectivity index (χ1) is 55.1. The maximum absolute atomic E-state index is 4.98. The first-order valence-electron chi connectivity index (χ1n) is 36.8. The molecule has 22 rings (SSSR count). The van der Waals surface area contributed by atoms with Gasteiger partial charge in [0.15, 0.2) is 11.6 Å². The molecule has 10 nitrogen and oxygen atoms in total. The molecule has 10 aromatic carbocycles. The van der Waals surface area contributed by atoms with E-state index < -0.39 is 0 Å². The lowest BCUT2D eigenvalue weighted by Crippen LogP contribution is -1.93. The van der Waals surface area contributed by atoms with E-state index in [4.69, 9.17) is 19.9 Å². The third kappa shape index (κ3) is 14.3. The third-order valence-electron chi connectivity index (χ3n) is 19.5. The summed E-state index contributed by atoms with van der Waals surface area (Å²) >= 11 is 8.73. The Kier molecular flexibility index (Phi) is 19.8. The molecule has 12 heterocycles. The lowest BCUT2D eigenvalue weighted by molar-refractivity contribution is 1.23. The molecular weight excluding hydrogens is 1470 g/mol. The van der Waals surface area contributed by atoms with Crippen LogP contribution in [0.3, 0.4) is 0 Å². The van der Waals surface area contributed by atoms with Crippen molar-refractivity contribution in [3.8, 4) is 79.1 Å². The first-order valence-corrected chi connectivity index (χ1v) is 40.9. The van der Waals surface area contributed by atoms with Crippen molar-refractivity contribution in [2.45, 2.75) is 34.6 Å². The Morgan fingerprint density at radius 1 is 0.205 bits per heavy atom. The normalized spacial score (nSPS) is 11.3. The number of hydrogen-bond acceptors (Lipinski definition) is 15. The number of aryl methyl sites for hydroxylation is 5. The van der Waals surface area contributed by atoms with Gasteiger partial charge < -0.3 is 0 Å². The summed E-state index contributed by atoms with van der Waals surface area (Å²) in [5, 5.41) is 8.50. The second-order valence-corrected chi connectivity index (χ2v) is 32.6. The molecule has 0 amide bonds. The van der Waals surface area contributed by atoms with Crippen LogP contribution in [0.4, 0.5) is 0 Å². The summed E-state index contributed by atoms with van der Waals surface area (Å²) in [6.07, 6.45) is 9.13. The summed E-state index contributed by atoms with van der Waals surface area (Å²) in [7, 11) is 0. The number of fused-ring (bicyclic) bond motifs is 15. The van der Waals surface area contributed by atoms with Crippen LogP contribution in [0.25, 0.3) is 181 Å². The summed E-state index contributed by atoms with van der Waals surface area (Å²) in [6.45, 7) is 10.5. The fourth-order valence-electron chi connectivity index (χ4n) is 13.9. The summed E-state index contributed by atoms with van der Waals surface area (Å²) in [6, 6.07) is 101. The van der Waals surface area contributed by atoms with E-state index in [1.807, 2.05) is 73.3 Å². The molecule has 0 spiro atoms. The molecule has 22 aromatic rings. The highest BCUT2D eigenvalue weighted by Crippen LogP contribution is 2.44. The molecule has 12 aromatic heterocycles. The second-order valence-electron chi connectivity index (χ2n) is 27.4. The smallest absolute Gasteiger partial charge is 0.160 e. The van der Waals surface area contributed by atoms with E-state index in [0.29, 0.717) is 0 Å². The van der Waals surface area contributed by atoms with Gasteiger partial charge in [0.05, 0.1) is 68.5 Å². The molecule has 0 bridgehead atoms. The molecular formula is C97H68N10S5. The summed E-state index contributed by atoms with van der Waals surface area (Å²) in [5.41, 5.74) is 22.4. The van der Waals surface area contributed by atoms with Crippen molar-refractivity contribution >= 4 is 158 Å². The summed E-state index contributed by atoms with van der Waals surface area (Å²) in [4.78, 5) is 49.0. The highest BCUT2D eigenvalue weighted by atomic mass is 32.1. The molecule has 0 radical (unpaired) electrons. The van der Waals surface area contributed by atoms with Crippen molar-refractivity contribution in [1.82, 2.24) is 49.8 Å². The van der Waals surface area contributed by atoms with E-state index >= 15 is 0 Å². The van der Waals surface area contributed by atoms with Crippen LogP contribution in [0.15, 0.2) is 322 Å². The fraction of sp³-hybridized carbons (Fsp3) is 0.0515. The van der Waals surface area contributed by atoms with Gasteiger partial charge in [-0.1, -0.05) is 252 Å². The Hall–Kier alpha value is -12.9. The zero-order valence-electron chi connectivity index (χ0n) is 61.6. The van der Waals surface area contributed by atoms with Crippen molar-refractivity contribution in [2.24, 2.45) is 0 Å². The van der Waals surface area contributed by atoms with Gasteiger partial charge in [0.25, 0.3) is 0 Å². The molecule has 0 aliphatic rings. The summed E-state index contributed by atoms with van der Waals surface area (Å²) in [5.74, 6) is 1.55. The van der Waals surface area contributed by atoms with Crippen molar-refractivity contribution < 1.29 is 0 Å². The SMILES string of the molecule is Cc1ccc(-c2nc(-c3ccccc3)nc3c2sc2ccccc23)cc1.Cc1ccc(-c2nccc3c2sc2ncccc23)cc1.Cc1ccc(-c2ncnc3c2sc2ccccc23)cc1.Cc1cccc(-c2nc(-c3ccccc3)nc3c2sc2ccccc23)c1.Cc1cccc(-c2nccc3c2sc2ncccc23)c1. The van der Waals surface area contributed by atoms with Gasteiger partial charge in [0.2, 0.25) is 0 Å². The molecule has 112 heavy (non-hydrogen) atoms. The Morgan fingerprint density at radius 3 is 1.01 bits per heavy atom. The molecule has 0 fully saturated rings. The number of benzene rings is 10. The first kappa shape index (κ1) is 70.8. The van der Waals surface area contributed by atoms with Crippen molar-refractivity contribution in [1.29, 1.82) is 0 Å². The van der Waals surface area contributed by atoms with Crippen LogP contribution < -0.4 is 0 Å². The average Bonchev–Trinajstić information content (AvgIpc) is 1.59. The van der Waals surface area contributed by atoms with Gasteiger partial charge in [0.1, 0.15) is 16.0 Å². The van der Waals surface area contributed by atoms with Gasteiger partial charge in [-0.05, 0) is 101 Å². The molecule has 536 valence electrons. The number of aromatic nitrogens is 10. The van der Waals surface area contributed by atoms with E-state index in [0.717, 1.165) is 114 Å². The highest BCUT2D eigenvalue weighted by molar-refractivity contribution is 7.27. The summed E-state index contributed by atoms with van der Waals surface area (Å²) < 4.78 is 9.64. The molecule has 0 atom stereocenters. The van der Waals surface area contributed by atoms with Crippen molar-refractivity contribution in [3.05, 3.63) is 350 Å². The van der Waals surface area contributed by atoms with Crippen molar-refractivity contribution in [2.75, 3.05) is 0 Å². The molecule has 0 unspecified atom stereocenters. The Bertz CT molecular complexity index is 7040. The predicted molar refractivity (Wildman–Crippen MR) is 476 cm³/mol. The quantitative estimate of drug-likeness (QED) is 0.152. The van der Waals surface area contributed by atoms with Gasteiger partial charge in [0, 0.05) is 116 Å². The van der Waals surface area contributed by atoms with Gasteiger partial charge in [-0.2, -0.15) is 0 Å². The van der Waals surface area contributed by atoms with Gasteiger partial charge in [-0.3, -0.25) is 9.97 Å². The Balaban J connectivity index is 0.0000000983. The number of rotatable bonds is 7. The van der Waals surface area contributed by atoms with Crippen LogP contribution in [0.2, 0.25) is 0 Å². The van der Waals surface area contributed by atoms with Crippen molar-refractivity contribution in [3.63, 3.8) is 0 Å². The second kappa shape index (κ2) is 31.3. The Morgan fingerprint density at radius 2 is 0.562 bits per heavy atom.